The van der Waals surface area contributed by atoms with Crippen LogP contribution >= 0.6 is 0 Å². The molecule has 25 heavy (non-hydrogen) atoms. The second kappa shape index (κ2) is 6.80. The van der Waals surface area contributed by atoms with Crippen molar-refractivity contribution in [2.24, 2.45) is 4.99 Å². The van der Waals surface area contributed by atoms with Crippen LogP contribution in [0.1, 0.15) is 18.7 Å². The molecule has 3 aromatic rings. The summed E-state index contributed by atoms with van der Waals surface area (Å²) in [5, 5.41) is 4.27. The van der Waals surface area contributed by atoms with E-state index in [9.17, 15) is 8.78 Å². The third-order valence-electron chi connectivity index (χ3n) is 3.28. The Balaban J connectivity index is 1.91. The van der Waals surface area contributed by atoms with E-state index in [1.54, 1.807) is 30.4 Å². The number of nitrogens with zero attached hydrogens (tertiary/aromatic N) is 6. The Morgan fingerprint density at radius 1 is 1.28 bits per heavy atom. The summed E-state index contributed by atoms with van der Waals surface area (Å²) in [5.74, 6) is -0.896. The molecule has 0 radical (unpaired) electrons. The van der Waals surface area contributed by atoms with Crippen LogP contribution in [0, 0.1) is 11.6 Å². The lowest BCUT2D eigenvalue weighted by molar-refractivity contribution is 0.208. The van der Waals surface area contributed by atoms with Gasteiger partial charge in [0.25, 0.3) is 11.7 Å². The van der Waals surface area contributed by atoms with Gasteiger partial charge in [0, 0.05) is 26.4 Å². The van der Waals surface area contributed by atoms with Gasteiger partial charge in [-0.15, -0.1) is 5.10 Å². The average Bonchev–Trinajstić information content (AvgIpc) is 2.98. The first-order valence-corrected chi connectivity index (χ1v) is 7.48. The highest BCUT2D eigenvalue weighted by atomic mass is 19.1. The molecule has 2 heterocycles. The van der Waals surface area contributed by atoms with E-state index in [0.29, 0.717) is 11.5 Å². The maximum Gasteiger partial charge on any atom is 0.272 e. The van der Waals surface area contributed by atoms with Gasteiger partial charge >= 0.3 is 0 Å². The van der Waals surface area contributed by atoms with Crippen molar-refractivity contribution in [2.45, 2.75) is 13.0 Å². The summed E-state index contributed by atoms with van der Waals surface area (Å²) in [6, 6.07) is 4.84. The molecule has 7 nitrogen and oxygen atoms in total. The molecule has 0 unspecified atom stereocenters. The third kappa shape index (κ3) is 3.70. The molecular formula is C16H16F2N6O. The van der Waals surface area contributed by atoms with Crippen molar-refractivity contribution >= 4 is 18.1 Å². The van der Waals surface area contributed by atoms with Crippen LogP contribution in [0.2, 0.25) is 0 Å². The van der Waals surface area contributed by atoms with Gasteiger partial charge in [0.15, 0.2) is 11.6 Å². The van der Waals surface area contributed by atoms with Crippen molar-refractivity contribution < 1.29 is 13.5 Å². The molecule has 0 aliphatic carbocycles. The van der Waals surface area contributed by atoms with Crippen LogP contribution in [-0.4, -0.2) is 44.9 Å². The van der Waals surface area contributed by atoms with Crippen molar-refractivity contribution in [3.8, 4) is 5.75 Å². The van der Waals surface area contributed by atoms with Crippen molar-refractivity contribution in [3.63, 3.8) is 0 Å². The van der Waals surface area contributed by atoms with E-state index in [1.165, 1.54) is 10.6 Å². The zero-order valence-electron chi connectivity index (χ0n) is 13.9. The van der Waals surface area contributed by atoms with Crippen LogP contribution in [0.15, 0.2) is 35.5 Å². The summed E-state index contributed by atoms with van der Waals surface area (Å²) in [5.41, 5.74) is 0.604. The molecule has 0 aliphatic heterocycles. The monoisotopic (exact) mass is 346 g/mol. The highest BCUT2D eigenvalue weighted by molar-refractivity contribution is 5.58. The minimum atomic E-state index is -0.771. The number of rotatable bonds is 5. The highest BCUT2D eigenvalue weighted by Gasteiger charge is 2.16. The van der Waals surface area contributed by atoms with Gasteiger partial charge in [-0.25, -0.2) is 18.8 Å². The zero-order chi connectivity index (χ0) is 18.0. The van der Waals surface area contributed by atoms with E-state index in [2.05, 4.69) is 20.1 Å². The van der Waals surface area contributed by atoms with E-state index >= 15 is 0 Å². The van der Waals surface area contributed by atoms with Crippen molar-refractivity contribution in [1.29, 1.82) is 0 Å². The number of ether oxygens (including phenoxy) is 1. The number of hydrogen-bond acceptors (Lipinski definition) is 5. The van der Waals surface area contributed by atoms with Crippen LogP contribution in [0.4, 0.5) is 14.7 Å². The summed E-state index contributed by atoms with van der Waals surface area (Å²) in [7, 11) is 3.66. The number of aromatic nitrogens is 4. The number of benzene rings is 1. The number of halogens is 2. The van der Waals surface area contributed by atoms with Crippen molar-refractivity contribution in [1.82, 2.24) is 24.5 Å². The topological polar surface area (TPSA) is 67.9 Å². The Morgan fingerprint density at radius 2 is 2.08 bits per heavy atom. The van der Waals surface area contributed by atoms with E-state index in [-0.39, 0.29) is 11.7 Å². The van der Waals surface area contributed by atoms with E-state index in [0.717, 1.165) is 12.1 Å². The lowest BCUT2D eigenvalue weighted by Crippen LogP contribution is -2.10. The summed E-state index contributed by atoms with van der Waals surface area (Å²) in [4.78, 5) is 14.2. The lowest BCUT2D eigenvalue weighted by Gasteiger charge is -2.15. The molecule has 0 amide bonds. The predicted octanol–water partition coefficient (Wildman–Crippen LogP) is 2.76. The van der Waals surface area contributed by atoms with Crippen LogP contribution < -0.4 is 4.74 Å². The maximum absolute atomic E-state index is 13.8. The summed E-state index contributed by atoms with van der Waals surface area (Å²) < 4.78 is 33.9. The molecule has 0 spiro atoms. The molecule has 0 N–H and O–H groups in total. The SMILES string of the molecule is C[C@@H](Oc1ccc(F)cc1F)c1ccnc2nc(N=CN(C)C)nn12. The van der Waals surface area contributed by atoms with Gasteiger partial charge in [0.1, 0.15) is 11.9 Å². The molecule has 1 aromatic carbocycles. The quantitative estimate of drug-likeness (QED) is 0.525. The minimum Gasteiger partial charge on any atom is -0.481 e. The molecule has 2 aromatic heterocycles. The molecular weight excluding hydrogens is 330 g/mol. The fourth-order valence-electron chi connectivity index (χ4n) is 2.15. The Morgan fingerprint density at radius 3 is 2.80 bits per heavy atom. The lowest BCUT2D eigenvalue weighted by atomic mass is 10.2. The Bertz CT molecular complexity index is 924. The van der Waals surface area contributed by atoms with Gasteiger partial charge < -0.3 is 9.64 Å². The highest BCUT2D eigenvalue weighted by Crippen LogP contribution is 2.25. The normalized spacial score (nSPS) is 12.7. The molecule has 0 saturated carbocycles. The average molecular weight is 346 g/mol. The van der Waals surface area contributed by atoms with Crippen molar-refractivity contribution in [3.05, 3.63) is 47.8 Å². The molecule has 130 valence electrons. The van der Waals surface area contributed by atoms with Gasteiger partial charge in [-0.2, -0.15) is 9.50 Å². The van der Waals surface area contributed by atoms with E-state index in [4.69, 9.17) is 4.74 Å². The summed E-state index contributed by atoms with van der Waals surface area (Å²) in [6.07, 6.45) is 2.56. The molecule has 0 saturated heterocycles. The summed E-state index contributed by atoms with van der Waals surface area (Å²) >= 11 is 0. The van der Waals surface area contributed by atoms with Gasteiger partial charge in [-0.3, -0.25) is 0 Å². The van der Waals surface area contributed by atoms with E-state index in [1.807, 2.05) is 14.1 Å². The molecule has 9 heteroatoms. The second-order valence-electron chi connectivity index (χ2n) is 5.54. The first-order chi connectivity index (χ1) is 11.9. The maximum atomic E-state index is 13.8. The number of hydrogen-bond donors (Lipinski definition) is 0. The Kier molecular flexibility index (Phi) is 4.55. The van der Waals surface area contributed by atoms with Crippen LogP contribution in [0.3, 0.4) is 0 Å². The Labute approximate surface area is 142 Å². The minimum absolute atomic E-state index is 0.0511. The van der Waals surface area contributed by atoms with Crippen LogP contribution in [0.25, 0.3) is 5.78 Å². The van der Waals surface area contributed by atoms with Gasteiger partial charge in [-0.05, 0) is 25.1 Å². The van der Waals surface area contributed by atoms with Gasteiger partial charge in [-0.1, -0.05) is 0 Å². The van der Waals surface area contributed by atoms with Crippen LogP contribution in [-0.2, 0) is 0 Å². The van der Waals surface area contributed by atoms with Crippen molar-refractivity contribution in [2.75, 3.05) is 14.1 Å². The number of fused-ring (bicyclic) bond motifs is 1. The fourth-order valence-corrected chi connectivity index (χ4v) is 2.15. The molecule has 0 bridgehead atoms. The first-order valence-electron chi connectivity index (χ1n) is 7.48. The smallest absolute Gasteiger partial charge is 0.272 e. The zero-order valence-corrected chi connectivity index (χ0v) is 13.9. The predicted molar refractivity (Wildman–Crippen MR) is 88.0 cm³/mol. The molecule has 0 fully saturated rings. The second-order valence-corrected chi connectivity index (χ2v) is 5.54. The molecule has 3 rings (SSSR count). The molecule has 1 atom stereocenters. The fraction of sp³-hybridized carbons (Fsp3) is 0.250. The Hall–Kier alpha value is -3.10. The van der Waals surface area contributed by atoms with E-state index < -0.39 is 17.7 Å². The summed E-state index contributed by atoms with van der Waals surface area (Å²) in [6.45, 7) is 1.72. The van der Waals surface area contributed by atoms with Crippen LogP contribution in [0.5, 0.6) is 5.75 Å². The largest absolute Gasteiger partial charge is 0.481 e. The first kappa shape index (κ1) is 16.7. The standard InChI is InChI=1S/C16H16F2N6O/c1-10(25-14-5-4-11(17)8-12(14)18)13-6-7-19-16-21-15(22-24(13)16)20-9-23(2)3/h4-10H,1-3H3/t10-/m1/s1. The third-order valence-corrected chi connectivity index (χ3v) is 3.28. The molecule has 0 aliphatic rings. The van der Waals surface area contributed by atoms with Gasteiger partial charge in [0.2, 0.25) is 0 Å². The number of aliphatic imine (C=N–C) groups is 1. The van der Waals surface area contributed by atoms with Gasteiger partial charge in [0.05, 0.1) is 12.0 Å².